The molecule has 23 heavy (non-hydrogen) atoms. The van der Waals surface area contributed by atoms with E-state index in [4.69, 9.17) is 0 Å². The monoisotopic (exact) mass is 338 g/mol. The third-order valence-corrected chi connectivity index (χ3v) is 5.86. The molecule has 5 nitrogen and oxygen atoms in total. The molecule has 0 spiro atoms. The Morgan fingerprint density at radius 3 is 2.35 bits per heavy atom. The zero-order chi connectivity index (χ0) is 16.9. The molecule has 1 heterocycles. The second-order valence-electron chi connectivity index (χ2n) is 6.08. The third kappa shape index (κ3) is 5.12. The molecule has 0 saturated carbocycles. The van der Waals surface area contributed by atoms with Crippen molar-refractivity contribution >= 4 is 15.8 Å². The molecule has 0 amide bonds. The van der Waals surface area contributed by atoms with Gasteiger partial charge in [0.1, 0.15) is 0 Å². The van der Waals surface area contributed by atoms with Gasteiger partial charge in [-0.05, 0) is 25.9 Å². The molecule has 1 aromatic carbocycles. The van der Waals surface area contributed by atoms with E-state index in [1.165, 1.54) is 6.26 Å². The summed E-state index contributed by atoms with van der Waals surface area (Å²) in [6.45, 7) is 4.84. The second-order valence-corrected chi connectivity index (χ2v) is 8.01. The Balaban J connectivity index is 1.80. The number of ketones is 1. The average Bonchev–Trinajstić information content (AvgIpc) is 2.54. The van der Waals surface area contributed by atoms with Gasteiger partial charge in [-0.2, -0.15) is 4.31 Å². The van der Waals surface area contributed by atoms with Crippen molar-refractivity contribution in [1.29, 1.82) is 0 Å². The lowest BCUT2D eigenvalue weighted by molar-refractivity contribution is 0.0947. The quantitative estimate of drug-likeness (QED) is 0.714. The molecule has 0 unspecified atom stereocenters. The molecular weight excluding hydrogens is 312 g/mol. The number of piperidine rings is 1. The van der Waals surface area contributed by atoms with E-state index < -0.39 is 10.0 Å². The fourth-order valence-corrected chi connectivity index (χ4v) is 4.44. The van der Waals surface area contributed by atoms with Crippen molar-refractivity contribution in [3.8, 4) is 0 Å². The van der Waals surface area contributed by atoms with E-state index in [1.54, 1.807) is 4.31 Å². The molecule has 0 radical (unpaired) electrons. The number of benzene rings is 1. The molecule has 6 heteroatoms. The molecule has 2 rings (SSSR count). The maximum Gasteiger partial charge on any atom is 0.211 e. The number of carbonyl (C=O) groups excluding carboxylic acids is 1. The summed E-state index contributed by atoms with van der Waals surface area (Å²) in [7, 11) is -3.13. The largest absolute Gasteiger partial charge is 0.303 e. The van der Waals surface area contributed by atoms with Gasteiger partial charge in [-0.15, -0.1) is 0 Å². The summed E-state index contributed by atoms with van der Waals surface area (Å²) < 4.78 is 25.2. The summed E-state index contributed by atoms with van der Waals surface area (Å²) in [5.74, 6) is 0.166. The van der Waals surface area contributed by atoms with Crippen LogP contribution >= 0.6 is 0 Å². The number of rotatable bonds is 7. The Morgan fingerprint density at radius 2 is 1.83 bits per heavy atom. The van der Waals surface area contributed by atoms with Crippen molar-refractivity contribution in [2.24, 2.45) is 0 Å². The van der Waals surface area contributed by atoms with E-state index in [9.17, 15) is 13.2 Å². The maximum atomic E-state index is 12.1. The van der Waals surface area contributed by atoms with E-state index in [0.717, 1.165) is 38.0 Å². The predicted octanol–water partition coefficient (Wildman–Crippen LogP) is 2.01. The summed E-state index contributed by atoms with van der Waals surface area (Å²) >= 11 is 0. The molecule has 0 bridgehead atoms. The van der Waals surface area contributed by atoms with Crippen LogP contribution in [-0.2, 0) is 10.0 Å². The first kappa shape index (κ1) is 18.1. The van der Waals surface area contributed by atoms with Crippen LogP contribution in [0.25, 0.3) is 0 Å². The number of carbonyl (C=O) groups is 1. The Hall–Kier alpha value is -1.24. The van der Waals surface area contributed by atoms with Gasteiger partial charge >= 0.3 is 0 Å². The summed E-state index contributed by atoms with van der Waals surface area (Å²) in [6.07, 6.45) is 3.46. The fourth-order valence-electron chi connectivity index (χ4n) is 3.22. The van der Waals surface area contributed by atoms with Gasteiger partial charge in [0.05, 0.1) is 6.26 Å². The van der Waals surface area contributed by atoms with Crippen molar-refractivity contribution in [3.05, 3.63) is 35.9 Å². The van der Waals surface area contributed by atoms with E-state index in [0.29, 0.717) is 13.0 Å². The SMILES string of the molecule is CCN(C1CCN(CCC(=O)c2ccccc2)CC1)S(C)(=O)=O. The minimum atomic E-state index is -3.13. The van der Waals surface area contributed by atoms with Crippen LogP contribution in [-0.4, -0.2) is 61.9 Å². The van der Waals surface area contributed by atoms with Crippen LogP contribution < -0.4 is 0 Å². The van der Waals surface area contributed by atoms with E-state index >= 15 is 0 Å². The molecule has 1 aliphatic rings. The normalized spacial score (nSPS) is 17.5. The molecule has 1 fully saturated rings. The zero-order valence-corrected chi connectivity index (χ0v) is 14.8. The van der Waals surface area contributed by atoms with Crippen molar-refractivity contribution in [2.45, 2.75) is 32.2 Å². The molecule has 1 aromatic rings. The van der Waals surface area contributed by atoms with Gasteiger partial charge in [0.15, 0.2) is 5.78 Å². The lowest BCUT2D eigenvalue weighted by Gasteiger charge is -2.36. The molecule has 0 aliphatic carbocycles. The lowest BCUT2D eigenvalue weighted by Crippen LogP contribution is -2.47. The number of hydrogen-bond acceptors (Lipinski definition) is 4. The fraction of sp³-hybridized carbons (Fsp3) is 0.588. The second kappa shape index (κ2) is 8.04. The van der Waals surface area contributed by atoms with Crippen LogP contribution in [0.2, 0.25) is 0 Å². The van der Waals surface area contributed by atoms with Gasteiger partial charge in [0, 0.05) is 31.1 Å². The van der Waals surface area contributed by atoms with Crippen molar-refractivity contribution in [2.75, 3.05) is 32.4 Å². The Morgan fingerprint density at radius 1 is 1.22 bits per heavy atom. The smallest absolute Gasteiger partial charge is 0.211 e. The molecule has 0 N–H and O–H groups in total. The van der Waals surface area contributed by atoms with Gasteiger partial charge in [-0.3, -0.25) is 4.79 Å². The number of sulfonamides is 1. The van der Waals surface area contributed by atoms with E-state index in [2.05, 4.69) is 4.90 Å². The summed E-state index contributed by atoms with van der Waals surface area (Å²) in [4.78, 5) is 14.4. The van der Waals surface area contributed by atoms with Crippen LogP contribution in [0.1, 0.15) is 36.5 Å². The topological polar surface area (TPSA) is 57.7 Å². The van der Waals surface area contributed by atoms with Gasteiger partial charge in [-0.25, -0.2) is 8.42 Å². The van der Waals surface area contributed by atoms with Crippen molar-refractivity contribution < 1.29 is 13.2 Å². The first-order chi connectivity index (χ1) is 10.9. The third-order valence-electron chi connectivity index (χ3n) is 4.45. The molecular formula is C17H26N2O3S. The van der Waals surface area contributed by atoms with Gasteiger partial charge in [0.2, 0.25) is 10.0 Å². The number of nitrogens with zero attached hydrogens (tertiary/aromatic N) is 2. The highest BCUT2D eigenvalue weighted by Crippen LogP contribution is 2.19. The van der Waals surface area contributed by atoms with Crippen LogP contribution in [0.5, 0.6) is 0 Å². The standard InChI is InChI=1S/C17H26N2O3S/c1-3-19(23(2,21)22)16-9-12-18(13-10-16)14-11-17(20)15-7-5-4-6-8-15/h4-8,16H,3,9-14H2,1-2H3. The van der Waals surface area contributed by atoms with Crippen molar-refractivity contribution in [3.63, 3.8) is 0 Å². The van der Waals surface area contributed by atoms with E-state index in [-0.39, 0.29) is 11.8 Å². The zero-order valence-electron chi connectivity index (χ0n) is 13.9. The highest BCUT2D eigenvalue weighted by molar-refractivity contribution is 7.88. The van der Waals surface area contributed by atoms with Crippen LogP contribution in [0.3, 0.4) is 0 Å². The van der Waals surface area contributed by atoms with Crippen LogP contribution in [0, 0.1) is 0 Å². The van der Waals surface area contributed by atoms with Gasteiger partial charge in [0.25, 0.3) is 0 Å². The summed E-state index contributed by atoms with van der Waals surface area (Å²) in [5, 5.41) is 0. The highest BCUT2D eigenvalue weighted by atomic mass is 32.2. The summed E-state index contributed by atoms with van der Waals surface area (Å²) in [5.41, 5.74) is 0.761. The van der Waals surface area contributed by atoms with Gasteiger partial charge < -0.3 is 4.90 Å². The van der Waals surface area contributed by atoms with E-state index in [1.807, 2.05) is 37.3 Å². The highest BCUT2D eigenvalue weighted by Gasteiger charge is 2.28. The molecule has 0 atom stereocenters. The summed E-state index contributed by atoms with van der Waals surface area (Å²) in [6, 6.07) is 9.45. The van der Waals surface area contributed by atoms with Crippen LogP contribution in [0.15, 0.2) is 30.3 Å². The molecule has 0 aromatic heterocycles. The minimum absolute atomic E-state index is 0.0936. The lowest BCUT2D eigenvalue weighted by atomic mass is 10.0. The molecule has 1 saturated heterocycles. The number of hydrogen-bond donors (Lipinski definition) is 0. The Bertz CT molecular complexity index is 608. The van der Waals surface area contributed by atoms with Gasteiger partial charge in [-0.1, -0.05) is 37.3 Å². The predicted molar refractivity (Wildman–Crippen MR) is 92.1 cm³/mol. The first-order valence-electron chi connectivity index (χ1n) is 8.19. The molecule has 128 valence electrons. The Labute approximate surface area is 139 Å². The molecule has 1 aliphatic heterocycles. The van der Waals surface area contributed by atoms with Crippen molar-refractivity contribution in [1.82, 2.24) is 9.21 Å². The Kier molecular flexibility index (Phi) is 6.33. The average molecular weight is 338 g/mol. The maximum absolute atomic E-state index is 12.1. The minimum Gasteiger partial charge on any atom is -0.303 e. The number of Topliss-reactive ketones (excluding diaryl/α,β-unsaturated/α-hetero) is 1. The van der Waals surface area contributed by atoms with Crippen LogP contribution in [0.4, 0.5) is 0 Å². The number of likely N-dealkylation sites (tertiary alicyclic amines) is 1. The first-order valence-corrected chi connectivity index (χ1v) is 10.0.